The Morgan fingerprint density at radius 1 is 1.07 bits per heavy atom. The lowest BCUT2D eigenvalue weighted by Crippen LogP contribution is -2.53. The monoisotopic (exact) mass is 609 g/mol. The van der Waals surface area contributed by atoms with Gasteiger partial charge in [0.05, 0.1) is 12.5 Å². The van der Waals surface area contributed by atoms with Crippen LogP contribution in [0, 0.1) is 23.1 Å². The van der Waals surface area contributed by atoms with E-state index in [-0.39, 0.29) is 23.0 Å². The van der Waals surface area contributed by atoms with E-state index in [9.17, 15) is 18.8 Å². The van der Waals surface area contributed by atoms with Gasteiger partial charge < -0.3 is 20.7 Å². The van der Waals surface area contributed by atoms with Crippen LogP contribution in [0.5, 0.6) is 0 Å². The number of likely N-dealkylation sites (N-methyl/N-ethyl adjacent to an activating group) is 1. The second-order valence-corrected chi connectivity index (χ2v) is 12.8. The summed E-state index contributed by atoms with van der Waals surface area (Å²) in [6.07, 6.45) is 9.12. The minimum absolute atomic E-state index is 0.0839. The number of nitrogens with two attached hydrogens (primary N) is 1. The topological polar surface area (TPSA) is 102 Å². The van der Waals surface area contributed by atoms with Gasteiger partial charge in [0.25, 0.3) is 6.47 Å². The van der Waals surface area contributed by atoms with Gasteiger partial charge in [0.2, 0.25) is 11.8 Å². The highest BCUT2D eigenvalue weighted by Crippen LogP contribution is 2.40. The van der Waals surface area contributed by atoms with E-state index in [2.05, 4.69) is 30.0 Å². The number of aryl methyl sites for hydroxylation is 1. The van der Waals surface area contributed by atoms with Gasteiger partial charge in [0.1, 0.15) is 11.9 Å². The van der Waals surface area contributed by atoms with Crippen LogP contribution in [0.25, 0.3) is 0 Å². The van der Waals surface area contributed by atoms with Gasteiger partial charge in [-0.05, 0) is 86.1 Å². The number of carbonyl (C=O) groups is 3. The molecule has 1 fully saturated rings. The van der Waals surface area contributed by atoms with Crippen LogP contribution in [0.15, 0.2) is 48.5 Å². The zero-order valence-corrected chi connectivity index (χ0v) is 27.0. The van der Waals surface area contributed by atoms with Crippen molar-refractivity contribution < 1.29 is 23.5 Å². The van der Waals surface area contributed by atoms with Crippen molar-refractivity contribution in [3.05, 3.63) is 71.0 Å². The zero-order chi connectivity index (χ0) is 32.1. The smallest absolute Gasteiger partial charge is 0.293 e. The van der Waals surface area contributed by atoms with Crippen LogP contribution < -0.4 is 11.1 Å². The number of halogens is 1. The fourth-order valence-electron chi connectivity index (χ4n) is 6.65. The molecule has 2 aliphatic rings. The molecule has 242 valence electrons. The standard InChI is InChI=1S/C33H46FN3O2.C3H6O2/c1-4-37(21-20-33(2,3)25-11-6-5-7-12-25)32(39)29(22-23-14-17-26(34)18-15-23)36-31(38)28-19-16-24-10-8-9-13-27(24)30(28)35;1-2-5-3-4/h8-10,13-15,17-18,25,28-30H,4-7,11-12,16,19-22,35H2,1-3H3,(H,36,38);3H,2H2,1H3. The Balaban J connectivity index is 0.000000978. The van der Waals surface area contributed by atoms with Crippen molar-refractivity contribution in [1.29, 1.82) is 0 Å². The molecule has 3 unspecified atom stereocenters. The highest BCUT2D eigenvalue weighted by atomic mass is 19.1. The maximum atomic E-state index is 13.9. The summed E-state index contributed by atoms with van der Waals surface area (Å²) in [6, 6.07) is 13.0. The first-order valence-electron chi connectivity index (χ1n) is 16.3. The average Bonchev–Trinajstić information content (AvgIpc) is 3.03. The van der Waals surface area contributed by atoms with Crippen molar-refractivity contribution in [2.75, 3.05) is 19.7 Å². The molecule has 0 heterocycles. The normalized spacial score (nSPS) is 19.0. The number of nitrogens with one attached hydrogen (secondary N) is 1. The van der Waals surface area contributed by atoms with Crippen molar-refractivity contribution >= 4 is 18.3 Å². The fourth-order valence-corrected chi connectivity index (χ4v) is 6.65. The summed E-state index contributed by atoms with van der Waals surface area (Å²) in [4.78, 5) is 38.6. The molecule has 1 saturated carbocycles. The lowest BCUT2D eigenvalue weighted by molar-refractivity contribution is -0.138. The third-order valence-corrected chi connectivity index (χ3v) is 9.54. The Labute approximate surface area is 263 Å². The summed E-state index contributed by atoms with van der Waals surface area (Å²) >= 11 is 0. The van der Waals surface area contributed by atoms with Gasteiger partial charge in [0.15, 0.2) is 0 Å². The van der Waals surface area contributed by atoms with Crippen molar-refractivity contribution in [2.45, 2.75) is 97.6 Å². The molecule has 0 aromatic heterocycles. The van der Waals surface area contributed by atoms with E-state index in [1.165, 1.54) is 49.8 Å². The van der Waals surface area contributed by atoms with E-state index in [4.69, 9.17) is 5.73 Å². The fraction of sp³-hybridized carbons (Fsp3) is 0.583. The van der Waals surface area contributed by atoms with Gasteiger partial charge in [-0.2, -0.15) is 0 Å². The van der Waals surface area contributed by atoms with Crippen LogP contribution in [-0.4, -0.2) is 48.9 Å². The SMILES string of the molecule is CCN(CCC(C)(C)C1CCCCC1)C(=O)C(Cc1ccc(F)cc1)NC(=O)C1CCc2ccccc2C1N.CCOC=O. The van der Waals surface area contributed by atoms with E-state index in [1.807, 2.05) is 30.0 Å². The largest absolute Gasteiger partial charge is 0.468 e. The Kier molecular flexibility index (Phi) is 13.8. The number of nitrogens with zero attached hydrogens (tertiary/aromatic N) is 1. The van der Waals surface area contributed by atoms with Crippen molar-refractivity contribution in [3.8, 4) is 0 Å². The van der Waals surface area contributed by atoms with E-state index in [0.29, 0.717) is 44.9 Å². The molecule has 3 N–H and O–H groups in total. The van der Waals surface area contributed by atoms with Crippen LogP contribution in [-0.2, 0) is 32.0 Å². The summed E-state index contributed by atoms with van der Waals surface area (Å²) in [6.45, 7) is 10.6. The van der Waals surface area contributed by atoms with E-state index < -0.39 is 18.0 Å². The van der Waals surface area contributed by atoms with Gasteiger partial charge in [-0.3, -0.25) is 14.4 Å². The Bertz CT molecular complexity index is 1200. The first-order chi connectivity index (χ1) is 21.1. The maximum absolute atomic E-state index is 13.9. The molecule has 44 heavy (non-hydrogen) atoms. The van der Waals surface area contributed by atoms with Crippen molar-refractivity contribution in [1.82, 2.24) is 10.2 Å². The third-order valence-electron chi connectivity index (χ3n) is 9.54. The minimum Gasteiger partial charge on any atom is -0.468 e. The van der Waals surface area contributed by atoms with E-state index in [0.717, 1.165) is 24.0 Å². The number of hydrogen-bond acceptors (Lipinski definition) is 5. The molecule has 0 spiro atoms. The highest BCUT2D eigenvalue weighted by molar-refractivity contribution is 5.89. The summed E-state index contributed by atoms with van der Waals surface area (Å²) in [5.74, 6) is -0.303. The predicted octanol–water partition coefficient (Wildman–Crippen LogP) is 6.14. The number of rotatable bonds is 12. The molecule has 4 rings (SSSR count). The Morgan fingerprint density at radius 3 is 2.36 bits per heavy atom. The molecule has 7 nitrogen and oxygen atoms in total. The molecule has 0 bridgehead atoms. The molecule has 0 saturated heterocycles. The number of fused-ring (bicyclic) bond motifs is 1. The molecule has 2 aromatic carbocycles. The molecule has 0 aliphatic heterocycles. The molecule has 3 atom stereocenters. The van der Waals surface area contributed by atoms with E-state index in [1.54, 1.807) is 19.1 Å². The third kappa shape index (κ3) is 9.88. The Hall–Kier alpha value is -3.26. The van der Waals surface area contributed by atoms with Crippen LogP contribution in [0.2, 0.25) is 0 Å². The minimum atomic E-state index is -0.731. The Morgan fingerprint density at radius 2 is 1.75 bits per heavy atom. The summed E-state index contributed by atoms with van der Waals surface area (Å²) in [7, 11) is 0. The first kappa shape index (κ1) is 35.2. The summed E-state index contributed by atoms with van der Waals surface area (Å²) in [5, 5.41) is 3.08. The zero-order valence-electron chi connectivity index (χ0n) is 27.0. The average molecular weight is 610 g/mol. The second kappa shape index (κ2) is 17.3. The van der Waals surface area contributed by atoms with Crippen molar-refractivity contribution in [2.24, 2.45) is 23.0 Å². The summed E-state index contributed by atoms with van der Waals surface area (Å²) in [5.41, 5.74) is 9.73. The van der Waals surface area contributed by atoms with Crippen LogP contribution in [0.3, 0.4) is 0 Å². The van der Waals surface area contributed by atoms with Gasteiger partial charge in [-0.1, -0.05) is 69.5 Å². The number of amides is 2. The molecule has 0 radical (unpaired) electrons. The molecule has 2 aromatic rings. The van der Waals surface area contributed by atoms with Crippen LogP contribution in [0.1, 0.15) is 95.4 Å². The highest BCUT2D eigenvalue weighted by Gasteiger charge is 2.36. The number of carbonyl (C=O) groups excluding carboxylic acids is 3. The van der Waals surface area contributed by atoms with Crippen LogP contribution in [0.4, 0.5) is 4.39 Å². The quantitative estimate of drug-likeness (QED) is 0.282. The van der Waals surface area contributed by atoms with Gasteiger partial charge in [-0.25, -0.2) is 4.39 Å². The van der Waals surface area contributed by atoms with Crippen molar-refractivity contribution in [3.63, 3.8) is 0 Å². The van der Waals surface area contributed by atoms with E-state index >= 15 is 0 Å². The van der Waals surface area contributed by atoms with Gasteiger partial charge in [0, 0.05) is 25.6 Å². The number of benzene rings is 2. The molecule has 8 heteroatoms. The summed E-state index contributed by atoms with van der Waals surface area (Å²) < 4.78 is 17.7. The second-order valence-electron chi connectivity index (χ2n) is 12.8. The lowest BCUT2D eigenvalue weighted by atomic mass is 9.69. The molecule has 2 amide bonds. The molecular weight excluding hydrogens is 557 g/mol. The lowest BCUT2D eigenvalue weighted by Gasteiger charge is -2.39. The predicted molar refractivity (Wildman–Crippen MR) is 172 cm³/mol. The number of hydrogen-bond donors (Lipinski definition) is 2. The molecule has 2 aliphatic carbocycles. The maximum Gasteiger partial charge on any atom is 0.293 e. The van der Waals surface area contributed by atoms with Gasteiger partial charge in [-0.15, -0.1) is 0 Å². The van der Waals surface area contributed by atoms with Gasteiger partial charge >= 0.3 is 0 Å². The van der Waals surface area contributed by atoms with Crippen LogP contribution >= 0.6 is 0 Å². The molecular formula is C36H52FN3O4. The first-order valence-corrected chi connectivity index (χ1v) is 16.3. The number of ether oxygens (including phenoxy) is 1.